The van der Waals surface area contributed by atoms with Crippen molar-refractivity contribution < 1.29 is 43.2 Å². The molecule has 222 valence electrons. The molecule has 40 heavy (non-hydrogen) atoms. The first-order valence-corrected chi connectivity index (χ1v) is 14.0. The van der Waals surface area contributed by atoms with E-state index in [4.69, 9.17) is 14.2 Å². The van der Waals surface area contributed by atoms with Crippen molar-refractivity contribution in [2.24, 2.45) is 16.7 Å². The third-order valence-corrected chi connectivity index (χ3v) is 9.19. The van der Waals surface area contributed by atoms with Crippen LogP contribution in [0.2, 0.25) is 0 Å². The Bertz CT molecular complexity index is 1100. The number of ether oxygens (including phenoxy) is 3. The SMILES string of the molecule is COc1cc(F)c(OC2CCC(CO)(C(=O)O)CC2)cc1C(=O)N[C@H]1C[C@H](OC)CC1C(=O)NCC1(C)CCC1. The van der Waals surface area contributed by atoms with Crippen LogP contribution in [0.5, 0.6) is 11.5 Å². The number of carboxylic acid groups (broad SMARTS) is 1. The molecule has 0 saturated heterocycles. The molecule has 4 rings (SSSR count). The first-order chi connectivity index (χ1) is 19.0. The van der Waals surface area contributed by atoms with Crippen LogP contribution < -0.4 is 20.1 Å². The van der Waals surface area contributed by atoms with Gasteiger partial charge in [0.05, 0.1) is 42.8 Å². The van der Waals surface area contributed by atoms with Crippen molar-refractivity contribution in [2.45, 2.75) is 83.0 Å². The summed E-state index contributed by atoms with van der Waals surface area (Å²) in [5, 5.41) is 25.1. The van der Waals surface area contributed by atoms with E-state index in [1.807, 2.05) is 0 Å². The average molecular weight is 565 g/mol. The molecule has 1 aromatic carbocycles. The Morgan fingerprint density at radius 3 is 2.30 bits per heavy atom. The van der Waals surface area contributed by atoms with Gasteiger partial charge in [0.15, 0.2) is 11.6 Å². The molecule has 1 aromatic rings. The smallest absolute Gasteiger partial charge is 0.311 e. The highest BCUT2D eigenvalue weighted by molar-refractivity contribution is 5.98. The molecule has 0 spiro atoms. The number of aliphatic hydroxyl groups is 1. The Hall–Kier alpha value is -2.92. The minimum absolute atomic E-state index is 0.0244. The highest BCUT2D eigenvalue weighted by Gasteiger charge is 2.43. The Balaban J connectivity index is 1.45. The summed E-state index contributed by atoms with van der Waals surface area (Å²) in [7, 11) is 2.92. The van der Waals surface area contributed by atoms with Crippen LogP contribution in [0.25, 0.3) is 0 Å². The van der Waals surface area contributed by atoms with Crippen molar-refractivity contribution in [1.29, 1.82) is 0 Å². The molecule has 11 heteroatoms. The molecule has 2 amide bonds. The number of rotatable bonds is 11. The van der Waals surface area contributed by atoms with Crippen molar-refractivity contribution in [2.75, 3.05) is 27.4 Å². The fourth-order valence-corrected chi connectivity index (χ4v) is 6.12. The van der Waals surface area contributed by atoms with Crippen LogP contribution in [0.15, 0.2) is 12.1 Å². The van der Waals surface area contributed by atoms with E-state index in [-0.39, 0.29) is 47.3 Å². The molecule has 0 heterocycles. The third kappa shape index (κ3) is 6.35. The number of amides is 2. The van der Waals surface area contributed by atoms with Crippen LogP contribution in [0.3, 0.4) is 0 Å². The maximum atomic E-state index is 14.9. The second-order valence-corrected chi connectivity index (χ2v) is 11.9. The topological polar surface area (TPSA) is 143 Å². The number of nitrogens with one attached hydrogen (secondary N) is 2. The number of benzene rings is 1. The summed E-state index contributed by atoms with van der Waals surface area (Å²) in [4.78, 5) is 38.2. The molecule has 10 nitrogen and oxygen atoms in total. The monoisotopic (exact) mass is 564 g/mol. The summed E-state index contributed by atoms with van der Waals surface area (Å²) in [6.45, 7) is 2.28. The lowest BCUT2D eigenvalue weighted by molar-refractivity contribution is -0.155. The highest BCUT2D eigenvalue weighted by atomic mass is 19.1. The molecule has 3 aliphatic rings. The molecule has 3 fully saturated rings. The number of carbonyl (C=O) groups excluding carboxylic acids is 2. The van der Waals surface area contributed by atoms with Gasteiger partial charge in [0, 0.05) is 25.8 Å². The van der Waals surface area contributed by atoms with Gasteiger partial charge in [-0.3, -0.25) is 14.4 Å². The zero-order chi connectivity index (χ0) is 29.1. The van der Waals surface area contributed by atoms with Gasteiger partial charge in [-0.15, -0.1) is 0 Å². The summed E-state index contributed by atoms with van der Waals surface area (Å²) in [6, 6.07) is 1.88. The van der Waals surface area contributed by atoms with E-state index in [1.165, 1.54) is 13.2 Å². The number of halogens is 1. The second kappa shape index (κ2) is 12.3. The van der Waals surface area contributed by atoms with Crippen molar-refractivity contribution in [3.8, 4) is 11.5 Å². The van der Waals surface area contributed by atoms with Gasteiger partial charge >= 0.3 is 5.97 Å². The normalized spacial score (nSPS) is 29.2. The maximum absolute atomic E-state index is 14.9. The molecule has 0 bridgehead atoms. The molecular formula is C29H41FN2O8. The molecule has 3 aliphatic carbocycles. The zero-order valence-corrected chi connectivity index (χ0v) is 23.5. The standard InChI is InChI=1S/C29H41FN2O8/c1-28(7-4-8-28)15-31-25(34)19-11-18(38-2)12-22(19)32-26(35)20-13-24(21(30)14-23(20)39-3)40-17-5-9-29(16-33,10-6-17)27(36)37/h13-14,17-19,22,33H,4-12,15-16H2,1-3H3,(H,31,34)(H,32,35)(H,36,37)/t17?,18-,19?,22+,29?/m1/s1. The number of hydrogen-bond donors (Lipinski definition) is 4. The summed E-state index contributed by atoms with van der Waals surface area (Å²) in [5.41, 5.74) is -1.04. The Labute approximate surface area is 233 Å². The van der Waals surface area contributed by atoms with E-state index in [1.54, 1.807) is 7.11 Å². The predicted octanol–water partition coefficient (Wildman–Crippen LogP) is 3.05. The van der Waals surface area contributed by atoms with Crippen LogP contribution in [-0.4, -0.2) is 73.6 Å². The van der Waals surface area contributed by atoms with E-state index >= 15 is 0 Å². The van der Waals surface area contributed by atoms with Crippen LogP contribution in [0.4, 0.5) is 4.39 Å². The number of carboxylic acids is 1. The van der Waals surface area contributed by atoms with Crippen molar-refractivity contribution in [1.82, 2.24) is 10.6 Å². The van der Waals surface area contributed by atoms with Crippen LogP contribution in [0.1, 0.15) is 75.1 Å². The summed E-state index contributed by atoms with van der Waals surface area (Å²) < 4.78 is 31.6. The molecule has 0 aromatic heterocycles. The van der Waals surface area contributed by atoms with Crippen LogP contribution in [0, 0.1) is 22.6 Å². The van der Waals surface area contributed by atoms with E-state index in [0.29, 0.717) is 32.2 Å². The van der Waals surface area contributed by atoms with Gasteiger partial charge < -0.3 is 35.1 Å². The predicted molar refractivity (Wildman–Crippen MR) is 143 cm³/mol. The molecule has 3 saturated carbocycles. The lowest BCUT2D eigenvalue weighted by Crippen LogP contribution is -2.47. The average Bonchev–Trinajstić information content (AvgIpc) is 3.34. The third-order valence-electron chi connectivity index (χ3n) is 9.19. The fraction of sp³-hybridized carbons (Fsp3) is 0.690. The first-order valence-electron chi connectivity index (χ1n) is 14.0. The molecular weight excluding hydrogens is 523 g/mol. The Morgan fingerprint density at radius 2 is 1.75 bits per heavy atom. The molecule has 3 atom stereocenters. The minimum atomic E-state index is -1.22. The van der Waals surface area contributed by atoms with E-state index in [2.05, 4.69) is 17.6 Å². The largest absolute Gasteiger partial charge is 0.496 e. The summed E-state index contributed by atoms with van der Waals surface area (Å²) in [5.74, 6) is -3.01. The van der Waals surface area contributed by atoms with E-state index in [9.17, 15) is 29.0 Å². The molecule has 0 aliphatic heterocycles. The lowest BCUT2D eigenvalue weighted by atomic mass is 9.70. The molecule has 4 N–H and O–H groups in total. The lowest BCUT2D eigenvalue weighted by Gasteiger charge is -2.38. The summed E-state index contributed by atoms with van der Waals surface area (Å²) in [6.07, 6.45) is 4.63. The van der Waals surface area contributed by atoms with Gasteiger partial charge in [-0.1, -0.05) is 13.3 Å². The van der Waals surface area contributed by atoms with Crippen molar-refractivity contribution in [3.05, 3.63) is 23.5 Å². The van der Waals surface area contributed by atoms with Crippen molar-refractivity contribution >= 4 is 17.8 Å². The number of aliphatic hydroxyl groups excluding tert-OH is 1. The number of methoxy groups -OCH3 is 2. The Kier molecular flexibility index (Phi) is 9.24. The maximum Gasteiger partial charge on any atom is 0.311 e. The number of hydrogen-bond acceptors (Lipinski definition) is 7. The van der Waals surface area contributed by atoms with Crippen LogP contribution >= 0.6 is 0 Å². The second-order valence-electron chi connectivity index (χ2n) is 11.9. The van der Waals surface area contributed by atoms with Gasteiger partial charge in [0.1, 0.15) is 5.75 Å². The van der Waals surface area contributed by atoms with Crippen molar-refractivity contribution in [3.63, 3.8) is 0 Å². The van der Waals surface area contributed by atoms with Crippen LogP contribution in [-0.2, 0) is 14.3 Å². The first kappa shape index (κ1) is 30.0. The number of carbonyl (C=O) groups is 3. The molecule has 1 unspecified atom stereocenters. The van der Waals surface area contributed by atoms with Gasteiger partial charge in [-0.25, -0.2) is 4.39 Å². The number of aliphatic carboxylic acids is 1. The Morgan fingerprint density at radius 1 is 1.05 bits per heavy atom. The molecule has 0 radical (unpaired) electrons. The van der Waals surface area contributed by atoms with Gasteiger partial charge in [-0.2, -0.15) is 0 Å². The zero-order valence-electron chi connectivity index (χ0n) is 23.5. The minimum Gasteiger partial charge on any atom is -0.496 e. The highest BCUT2D eigenvalue weighted by Crippen LogP contribution is 2.40. The van der Waals surface area contributed by atoms with Gasteiger partial charge in [0.2, 0.25) is 5.91 Å². The van der Waals surface area contributed by atoms with Gasteiger partial charge in [-0.05, 0) is 62.8 Å². The summed E-state index contributed by atoms with van der Waals surface area (Å²) >= 11 is 0. The quantitative estimate of drug-likeness (QED) is 0.321. The fourth-order valence-electron chi connectivity index (χ4n) is 6.12. The van der Waals surface area contributed by atoms with E-state index in [0.717, 1.165) is 25.3 Å². The van der Waals surface area contributed by atoms with Gasteiger partial charge in [0.25, 0.3) is 5.91 Å². The van der Waals surface area contributed by atoms with E-state index < -0.39 is 47.8 Å².